The van der Waals surface area contributed by atoms with E-state index < -0.39 is 0 Å². The Bertz CT molecular complexity index is 258. The minimum absolute atomic E-state index is 0.716. The van der Waals surface area contributed by atoms with Gasteiger partial charge in [0.1, 0.15) is 0 Å². The smallest absolute Gasteiger partial charge is 0.00793 e. The summed E-state index contributed by atoms with van der Waals surface area (Å²) in [7, 11) is 2.27. The Balaban J connectivity index is 1.43. The van der Waals surface area contributed by atoms with Crippen molar-refractivity contribution in [1.29, 1.82) is 0 Å². The van der Waals surface area contributed by atoms with Crippen LogP contribution < -0.4 is 5.32 Å². The fourth-order valence-corrected chi connectivity index (χ4v) is 3.87. The summed E-state index contributed by atoms with van der Waals surface area (Å²) in [5.41, 5.74) is 0. The SMILES string of the molecule is CC(NCC(C1CC1)C1CC1)C1CCCN(C)C1. The summed E-state index contributed by atoms with van der Waals surface area (Å²) in [5, 5.41) is 3.89. The van der Waals surface area contributed by atoms with Gasteiger partial charge in [-0.1, -0.05) is 0 Å². The number of nitrogens with one attached hydrogen (secondary N) is 1. The van der Waals surface area contributed by atoms with E-state index >= 15 is 0 Å². The van der Waals surface area contributed by atoms with Crippen LogP contribution in [-0.4, -0.2) is 37.6 Å². The summed E-state index contributed by atoms with van der Waals surface area (Å²) < 4.78 is 0. The lowest BCUT2D eigenvalue weighted by Gasteiger charge is -2.34. The molecule has 2 aliphatic carbocycles. The molecule has 1 heterocycles. The van der Waals surface area contributed by atoms with E-state index in [1.807, 2.05) is 0 Å². The molecule has 104 valence electrons. The Morgan fingerprint density at radius 2 is 1.72 bits per heavy atom. The Hall–Kier alpha value is -0.0800. The van der Waals surface area contributed by atoms with Gasteiger partial charge >= 0.3 is 0 Å². The van der Waals surface area contributed by atoms with Crippen LogP contribution in [0.1, 0.15) is 45.4 Å². The first kappa shape index (κ1) is 12.9. The second-order valence-corrected chi connectivity index (χ2v) is 7.20. The van der Waals surface area contributed by atoms with Crippen molar-refractivity contribution < 1.29 is 0 Å². The van der Waals surface area contributed by atoms with Crippen molar-refractivity contribution in [2.75, 3.05) is 26.7 Å². The quantitative estimate of drug-likeness (QED) is 0.780. The van der Waals surface area contributed by atoms with Gasteiger partial charge in [0.05, 0.1) is 0 Å². The summed E-state index contributed by atoms with van der Waals surface area (Å²) in [6.45, 7) is 6.32. The molecule has 2 heteroatoms. The van der Waals surface area contributed by atoms with Crippen molar-refractivity contribution in [2.24, 2.45) is 23.7 Å². The molecule has 3 rings (SSSR count). The predicted molar refractivity (Wildman–Crippen MR) is 76.6 cm³/mol. The maximum absolute atomic E-state index is 3.89. The number of hydrogen-bond acceptors (Lipinski definition) is 2. The van der Waals surface area contributed by atoms with Crippen molar-refractivity contribution in [3.8, 4) is 0 Å². The first-order valence-corrected chi connectivity index (χ1v) is 8.16. The van der Waals surface area contributed by atoms with E-state index in [2.05, 4.69) is 24.2 Å². The van der Waals surface area contributed by atoms with Crippen LogP contribution in [0.3, 0.4) is 0 Å². The first-order chi connectivity index (χ1) is 8.74. The van der Waals surface area contributed by atoms with Gasteiger partial charge in [0.25, 0.3) is 0 Å². The molecule has 18 heavy (non-hydrogen) atoms. The molecule has 1 saturated heterocycles. The highest BCUT2D eigenvalue weighted by atomic mass is 15.1. The lowest BCUT2D eigenvalue weighted by molar-refractivity contribution is 0.174. The zero-order valence-electron chi connectivity index (χ0n) is 12.2. The van der Waals surface area contributed by atoms with Gasteiger partial charge in [-0.15, -0.1) is 0 Å². The van der Waals surface area contributed by atoms with Gasteiger partial charge in [0.15, 0.2) is 0 Å². The first-order valence-electron chi connectivity index (χ1n) is 8.16. The molecule has 2 nitrogen and oxygen atoms in total. The standard InChI is InChI=1S/C16H30N2/c1-12(15-4-3-9-18(2)11-15)17-10-16(13-5-6-13)14-7-8-14/h12-17H,3-11H2,1-2H3. The molecule has 0 aromatic rings. The zero-order valence-corrected chi connectivity index (χ0v) is 12.2. The van der Waals surface area contributed by atoms with Gasteiger partial charge in [0, 0.05) is 12.6 Å². The van der Waals surface area contributed by atoms with E-state index in [4.69, 9.17) is 0 Å². The fourth-order valence-electron chi connectivity index (χ4n) is 3.87. The highest BCUT2D eigenvalue weighted by Gasteiger charge is 2.41. The molecule has 0 aromatic heterocycles. The summed E-state index contributed by atoms with van der Waals surface area (Å²) in [5.74, 6) is 4.08. The van der Waals surface area contributed by atoms with Gasteiger partial charge in [-0.05, 0) is 89.3 Å². The maximum Gasteiger partial charge on any atom is 0.00793 e. The van der Waals surface area contributed by atoms with Gasteiger partial charge in [-0.3, -0.25) is 0 Å². The summed E-state index contributed by atoms with van der Waals surface area (Å²) in [4.78, 5) is 2.51. The van der Waals surface area contributed by atoms with Crippen molar-refractivity contribution >= 4 is 0 Å². The third-order valence-electron chi connectivity index (χ3n) is 5.50. The Labute approximate surface area is 113 Å². The Morgan fingerprint density at radius 1 is 1.06 bits per heavy atom. The van der Waals surface area contributed by atoms with Crippen LogP contribution in [0.4, 0.5) is 0 Å². The molecule has 1 N–H and O–H groups in total. The Kier molecular flexibility index (Phi) is 3.95. The fraction of sp³-hybridized carbons (Fsp3) is 1.00. The lowest BCUT2D eigenvalue weighted by atomic mass is 9.90. The average molecular weight is 250 g/mol. The van der Waals surface area contributed by atoms with Crippen molar-refractivity contribution in [2.45, 2.75) is 51.5 Å². The number of nitrogens with zero attached hydrogens (tertiary/aromatic N) is 1. The monoisotopic (exact) mass is 250 g/mol. The molecule has 0 amide bonds. The molecule has 2 saturated carbocycles. The van der Waals surface area contributed by atoms with Crippen LogP contribution in [0, 0.1) is 23.7 Å². The van der Waals surface area contributed by atoms with Crippen LogP contribution in [-0.2, 0) is 0 Å². The van der Waals surface area contributed by atoms with Crippen molar-refractivity contribution in [1.82, 2.24) is 10.2 Å². The van der Waals surface area contributed by atoms with Crippen LogP contribution in [0.5, 0.6) is 0 Å². The third-order valence-corrected chi connectivity index (χ3v) is 5.50. The lowest BCUT2D eigenvalue weighted by Crippen LogP contribution is -2.44. The molecular weight excluding hydrogens is 220 g/mol. The summed E-state index contributed by atoms with van der Waals surface area (Å²) >= 11 is 0. The molecule has 0 spiro atoms. The van der Waals surface area contributed by atoms with Gasteiger partial charge in [-0.2, -0.15) is 0 Å². The summed E-state index contributed by atoms with van der Waals surface area (Å²) in [6.07, 6.45) is 8.89. The highest BCUT2D eigenvalue weighted by molar-refractivity contribution is 4.93. The van der Waals surface area contributed by atoms with E-state index in [1.165, 1.54) is 58.2 Å². The van der Waals surface area contributed by atoms with Gasteiger partial charge < -0.3 is 10.2 Å². The van der Waals surface area contributed by atoms with E-state index in [-0.39, 0.29) is 0 Å². The number of hydrogen-bond donors (Lipinski definition) is 1. The number of likely N-dealkylation sites (tertiary alicyclic amines) is 1. The predicted octanol–water partition coefficient (Wildman–Crippen LogP) is 2.74. The molecule has 1 aliphatic heterocycles. The van der Waals surface area contributed by atoms with E-state index in [0.29, 0.717) is 6.04 Å². The summed E-state index contributed by atoms with van der Waals surface area (Å²) in [6, 6.07) is 0.716. The van der Waals surface area contributed by atoms with E-state index in [1.54, 1.807) is 0 Å². The second kappa shape index (κ2) is 5.50. The molecule has 0 bridgehead atoms. The number of piperidine rings is 1. The van der Waals surface area contributed by atoms with Crippen LogP contribution in [0.25, 0.3) is 0 Å². The highest BCUT2D eigenvalue weighted by Crippen LogP contribution is 2.48. The topological polar surface area (TPSA) is 15.3 Å². The van der Waals surface area contributed by atoms with Crippen LogP contribution in [0.2, 0.25) is 0 Å². The van der Waals surface area contributed by atoms with Crippen molar-refractivity contribution in [3.05, 3.63) is 0 Å². The number of rotatable bonds is 6. The molecule has 2 unspecified atom stereocenters. The molecule has 3 aliphatic rings. The van der Waals surface area contributed by atoms with Crippen molar-refractivity contribution in [3.63, 3.8) is 0 Å². The van der Waals surface area contributed by atoms with Gasteiger partial charge in [-0.25, -0.2) is 0 Å². The van der Waals surface area contributed by atoms with Gasteiger partial charge in [0.2, 0.25) is 0 Å². The maximum atomic E-state index is 3.89. The molecule has 0 aromatic carbocycles. The second-order valence-electron chi connectivity index (χ2n) is 7.20. The van der Waals surface area contributed by atoms with Crippen LogP contribution in [0.15, 0.2) is 0 Å². The molecular formula is C16H30N2. The largest absolute Gasteiger partial charge is 0.314 e. The van der Waals surface area contributed by atoms with Crippen LogP contribution >= 0.6 is 0 Å². The molecule has 3 fully saturated rings. The van der Waals surface area contributed by atoms with E-state index in [0.717, 1.165) is 23.7 Å². The average Bonchev–Trinajstić information content (AvgIpc) is 3.23. The van der Waals surface area contributed by atoms with E-state index in [9.17, 15) is 0 Å². The molecule has 2 atom stereocenters. The normalized spacial score (nSPS) is 31.8. The zero-order chi connectivity index (χ0) is 12.5. The minimum Gasteiger partial charge on any atom is -0.314 e. The minimum atomic E-state index is 0.716. The third kappa shape index (κ3) is 3.27. The Morgan fingerprint density at radius 3 is 2.28 bits per heavy atom. The molecule has 0 radical (unpaired) electrons.